The highest BCUT2D eigenvalue weighted by Crippen LogP contribution is 2.49. The zero-order valence-electron chi connectivity index (χ0n) is 11.8. The number of aromatic nitrogens is 2. The molecule has 21 heavy (non-hydrogen) atoms. The van der Waals surface area contributed by atoms with E-state index in [1.165, 1.54) is 0 Å². The molecule has 1 aliphatic carbocycles. The number of benzene rings is 1. The quantitative estimate of drug-likeness (QED) is 0.875. The Morgan fingerprint density at radius 3 is 2.71 bits per heavy atom. The molecule has 3 aliphatic rings. The van der Waals surface area contributed by atoms with Crippen molar-refractivity contribution in [2.75, 3.05) is 0 Å². The highest BCUT2D eigenvalue weighted by atomic mass is 16.3. The number of amides is 1. The summed E-state index contributed by atoms with van der Waals surface area (Å²) in [5.41, 5.74) is 2.64. The van der Waals surface area contributed by atoms with Gasteiger partial charge in [0.2, 0.25) is 5.91 Å². The third-order valence-corrected chi connectivity index (χ3v) is 4.80. The molecular weight excluding hydrogens is 266 g/mol. The molecule has 1 amide bonds. The van der Waals surface area contributed by atoms with Gasteiger partial charge in [-0.1, -0.05) is 30.3 Å². The number of hydrogen-bond acceptors (Lipinski definition) is 3. The van der Waals surface area contributed by atoms with Gasteiger partial charge >= 0.3 is 0 Å². The van der Waals surface area contributed by atoms with Crippen LogP contribution in [0.3, 0.4) is 0 Å². The monoisotopic (exact) mass is 283 g/mol. The predicted octanol–water partition coefficient (Wildman–Crippen LogP) is 1.41. The maximum absolute atomic E-state index is 11.6. The average molecular weight is 283 g/mol. The topological polar surface area (TPSA) is 67.2 Å². The number of hydrogen-bond donors (Lipinski definition) is 2. The lowest BCUT2D eigenvalue weighted by Gasteiger charge is -2.54. The van der Waals surface area contributed by atoms with Crippen molar-refractivity contribution < 1.29 is 9.90 Å². The molecular formula is C16H17N3O2. The van der Waals surface area contributed by atoms with Gasteiger partial charge in [0.1, 0.15) is 5.54 Å². The summed E-state index contributed by atoms with van der Waals surface area (Å²) in [4.78, 5) is 11.6. The fraction of sp³-hybridized carbons (Fsp3) is 0.375. The van der Waals surface area contributed by atoms with Crippen LogP contribution in [-0.2, 0) is 10.3 Å². The van der Waals surface area contributed by atoms with E-state index in [2.05, 4.69) is 22.5 Å². The average Bonchev–Trinajstić information content (AvgIpc) is 2.80. The Labute approximate surface area is 122 Å². The van der Waals surface area contributed by atoms with Gasteiger partial charge in [-0.25, -0.2) is 0 Å². The summed E-state index contributed by atoms with van der Waals surface area (Å²) < 4.78 is 1.85. The number of aryl methyl sites for hydroxylation is 1. The summed E-state index contributed by atoms with van der Waals surface area (Å²) in [6.07, 6.45) is 2.45. The van der Waals surface area contributed by atoms with E-state index in [1.54, 1.807) is 0 Å². The maximum atomic E-state index is 11.6. The molecule has 2 bridgehead atoms. The third-order valence-electron chi connectivity index (χ3n) is 4.80. The molecule has 1 aromatic heterocycles. The molecule has 2 saturated heterocycles. The molecule has 1 unspecified atom stereocenters. The third kappa shape index (κ3) is 1.67. The highest BCUT2D eigenvalue weighted by Gasteiger charge is 2.59. The highest BCUT2D eigenvalue weighted by molar-refractivity contribution is 5.82. The van der Waals surface area contributed by atoms with Crippen LogP contribution in [0.2, 0.25) is 0 Å². The molecule has 2 N–H and O–H groups in total. The molecule has 1 atom stereocenters. The van der Waals surface area contributed by atoms with Crippen molar-refractivity contribution in [1.29, 1.82) is 0 Å². The number of fused-ring (bicyclic) bond motifs is 2. The number of rotatable bonds is 2. The smallest absolute Gasteiger partial charge is 0.225 e. The van der Waals surface area contributed by atoms with Crippen LogP contribution >= 0.6 is 0 Å². The molecule has 5 heteroatoms. The minimum Gasteiger partial charge on any atom is -0.371 e. The summed E-state index contributed by atoms with van der Waals surface area (Å²) in [7, 11) is 0. The van der Waals surface area contributed by atoms with Gasteiger partial charge in [0.05, 0.1) is 5.69 Å². The first kappa shape index (κ1) is 12.6. The minimum absolute atomic E-state index is 0.0121. The summed E-state index contributed by atoms with van der Waals surface area (Å²) >= 11 is 0. The number of carbonyl (C=O) groups is 1. The molecule has 3 fully saturated rings. The Hall–Kier alpha value is -2.14. The zero-order valence-corrected chi connectivity index (χ0v) is 11.8. The second-order valence-corrected chi connectivity index (χ2v) is 6.06. The van der Waals surface area contributed by atoms with Crippen LogP contribution in [0.15, 0.2) is 36.5 Å². The van der Waals surface area contributed by atoms with Gasteiger partial charge < -0.3 is 10.4 Å². The number of carbonyl (C=O) groups excluding carboxylic acids is 1. The van der Waals surface area contributed by atoms with Crippen molar-refractivity contribution in [3.63, 3.8) is 0 Å². The van der Waals surface area contributed by atoms with E-state index < -0.39 is 11.8 Å². The molecule has 1 saturated carbocycles. The van der Waals surface area contributed by atoms with Gasteiger partial charge in [0.15, 0.2) is 6.23 Å². The minimum atomic E-state index is -0.863. The number of aliphatic hydroxyl groups excluding tert-OH is 1. The van der Waals surface area contributed by atoms with E-state index in [-0.39, 0.29) is 11.8 Å². The van der Waals surface area contributed by atoms with Crippen LogP contribution in [0.25, 0.3) is 11.1 Å². The standard InChI is InChI=1S/C16H17N3O2/c1-10-13(11-5-3-2-4-6-11)9-19(18-10)16-7-12(8-16)14(20)17-15(16)21/h2-6,9,12,15,21H,7-8H2,1H3,(H,17,20). The van der Waals surface area contributed by atoms with Crippen LogP contribution < -0.4 is 5.32 Å². The van der Waals surface area contributed by atoms with E-state index in [1.807, 2.05) is 36.0 Å². The van der Waals surface area contributed by atoms with Crippen molar-refractivity contribution in [2.45, 2.75) is 31.5 Å². The molecule has 1 aromatic carbocycles. The number of aliphatic hydroxyl groups is 1. The molecule has 0 spiro atoms. The Morgan fingerprint density at radius 1 is 1.33 bits per heavy atom. The Balaban J connectivity index is 1.74. The van der Waals surface area contributed by atoms with E-state index in [4.69, 9.17) is 0 Å². The first-order valence-corrected chi connectivity index (χ1v) is 7.21. The molecule has 108 valence electrons. The van der Waals surface area contributed by atoms with Gasteiger partial charge in [-0.2, -0.15) is 5.10 Å². The van der Waals surface area contributed by atoms with Crippen molar-refractivity contribution >= 4 is 5.91 Å². The summed E-state index contributed by atoms with van der Waals surface area (Å²) in [5.74, 6) is -0.0328. The van der Waals surface area contributed by atoms with Crippen molar-refractivity contribution in [3.05, 3.63) is 42.2 Å². The predicted molar refractivity (Wildman–Crippen MR) is 77.2 cm³/mol. The summed E-state index contributed by atoms with van der Waals surface area (Å²) in [6, 6.07) is 10.1. The lowest BCUT2D eigenvalue weighted by atomic mass is 9.64. The van der Waals surface area contributed by atoms with E-state index in [0.717, 1.165) is 16.8 Å². The van der Waals surface area contributed by atoms with Crippen molar-refractivity contribution in [3.8, 4) is 11.1 Å². The molecule has 0 radical (unpaired) electrons. The summed E-state index contributed by atoms with van der Waals surface area (Å²) in [5, 5.41) is 17.5. The van der Waals surface area contributed by atoms with Crippen LogP contribution in [-0.4, -0.2) is 27.0 Å². The Morgan fingerprint density at radius 2 is 2.05 bits per heavy atom. The van der Waals surface area contributed by atoms with Gasteiger partial charge in [0, 0.05) is 17.7 Å². The SMILES string of the molecule is Cc1nn(C23CC(C2)C(=O)NC3O)cc1-c1ccccc1. The number of piperidine rings is 2. The normalized spacial score (nSPS) is 30.7. The maximum Gasteiger partial charge on any atom is 0.225 e. The number of nitrogens with one attached hydrogen (secondary N) is 1. The largest absolute Gasteiger partial charge is 0.371 e. The van der Waals surface area contributed by atoms with Crippen LogP contribution in [0.4, 0.5) is 0 Å². The van der Waals surface area contributed by atoms with Crippen LogP contribution in [0.1, 0.15) is 18.5 Å². The molecule has 5 rings (SSSR count). The first-order chi connectivity index (χ1) is 10.1. The molecule has 2 aromatic rings. The van der Waals surface area contributed by atoms with Crippen molar-refractivity contribution in [2.24, 2.45) is 5.92 Å². The zero-order chi connectivity index (χ0) is 14.6. The van der Waals surface area contributed by atoms with Crippen LogP contribution in [0.5, 0.6) is 0 Å². The fourth-order valence-electron chi connectivity index (χ4n) is 3.49. The Kier molecular flexibility index (Phi) is 2.50. The van der Waals surface area contributed by atoms with Gasteiger partial charge in [-0.3, -0.25) is 9.48 Å². The second kappa shape index (κ2) is 4.18. The van der Waals surface area contributed by atoms with E-state index in [0.29, 0.717) is 12.8 Å². The van der Waals surface area contributed by atoms with Gasteiger partial charge in [-0.05, 0) is 25.3 Å². The van der Waals surface area contributed by atoms with E-state index >= 15 is 0 Å². The second-order valence-electron chi connectivity index (χ2n) is 6.06. The van der Waals surface area contributed by atoms with E-state index in [9.17, 15) is 9.90 Å². The van der Waals surface area contributed by atoms with Crippen LogP contribution in [0, 0.1) is 12.8 Å². The van der Waals surface area contributed by atoms with Gasteiger partial charge in [0.25, 0.3) is 0 Å². The molecule has 3 heterocycles. The molecule has 5 nitrogen and oxygen atoms in total. The summed E-state index contributed by atoms with van der Waals surface area (Å²) in [6.45, 7) is 1.97. The van der Waals surface area contributed by atoms with Gasteiger partial charge in [-0.15, -0.1) is 0 Å². The first-order valence-electron chi connectivity index (χ1n) is 7.21. The molecule has 2 aliphatic heterocycles. The number of nitrogens with zero attached hydrogens (tertiary/aromatic N) is 2. The van der Waals surface area contributed by atoms with Crippen molar-refractivity contribution in [1.82, 2.24) is 15.1 Å². The Bertz CT molecular complexity index is 702. The fourth-order valence-corrected chi connectivity index (χ4v) is 3.49. The lowest BCUT2D eigenvalue weighted by molar-refractivity contribution is -0.164. The lowest BCUT2D eigenvalue weighted by Crippen LogP contribution is -2.69.